The van der Waals surface area contributed by atoms with Crippen LogP contribution in [0.5, 0.6) is 0 Å². The lowest BCUT2D eigenvalue weighted by Gasteiger charge is -2.37. The van der Waals surface area contributed by atoms with E-state index in [0.29, 0.717) is 15.3 Å². The second kappa shape index (κ2) is 6.47. The zero-order valence-electron chi connectivity index (χ0n) is 15.3. The number of nitrogens with two attached hydrogens (primary N) is 1. The topological polar surface area (TPSA) is 72.5 Å². The average molecular weight is 451 g/mol. The van der Waals surface area contributed by atoms with Crippen LogP contribution in [0.25, 0.3) is 10.4 Å². The van der Waals surface area contributed by atoms with Crippen molar-refractivity contribution in [2.45, 2.75) is 37.2 Å². The number of alkyl halides is 3. The fraction of sp³-hybridized carbons (Fsp3) is 0.389. The van der Waals surface area contributed by atoms with Gasteiger partial charge in [-0.2, -0.15) is 13.2 Å². The molecule has 28 heavy (non-hydrogen) atoms. The van der Waals surface area contributed by atoms with Crippen molar-refractivity contribution in [3.05, 3.63) is 45.8 Å². The van der Waals surface area contributed by atoms with Gasteiger partial charge < -0.3 is 5.73 Å². The molecule has 1 unspecified atom stereocenters. The summed E-state index contributed by atoms with van der Waals surface area (Å²) in [5.41, 5.74) is 4.30. The molecule has 1 atom stereocenters. The third-order valence-electron chi connectivity index (χ3n) is 4.88. The lowest BCUT2D eigenvalue weighted by molar-refractivity contribution is -0.137. The fourth-order valence-electron chi connectivity index (χ4n) is 2.99. The molecule has 2 heterocycles. The molecule has 2 aromatic rings. The first-order valence-corrected chi connectivity index (χ1v) is 11.1. The maximum atomic E-state index is 13.0. The van der Waals surface area contributed by atoms with E-state index in [4.69, 9.17) is 17.3 Å². The van der Waals surface area contributed by atoms with Gasteiger partial charge in [-0.15, -0.1) is 11.3 Å². The van der Waals surface area contributed by atoms with E-state index in [1.807, 2.05) is 0 Å². The van der Waals surface area contributed by atoms with E-state index in [0.717, 1.165) is 23.5 Å². The predicted octanol–water partition coefficient (Wildman–Crippen LogP) is 4.87. The van der Waals surface area contributed by atoms with Crippen LogP contribution in [0.15, 0.2) is 35.3 Å². The Hall–Kier alpha value is -1.58. The standard InChI is InChI=1S/C18H18ClF3N2O2S2/c1-16(2)15(23)24-17(3,9-28(16,25)26)14-12(19)8-13(27-14)10-5-4-6-11(7-10)18(20,21)22/h4-8H,9H2,1-3H3,(H2,23,24). The molecule has 1 aliphatic rings. The van der Waals surface area contributed by atoms with Crippen LogP contribution < -0.4 is 5.73 Å². The van der Waals surface area contributed by atoms with Gasteiger partial charge in [-0.25, -0.2) is 8.42 Å². The number of sulfone groups is 1. The van der Waals surface area contributed by atoms with E-state index in [1.165, 1.54) is 26.0 Å². The number of halogens is 4. The molecular weight excluding hydrogens is 433 g/mol. The van der Waals surface area contributed by atoms with Crippen molar-refractivity contribution in [3.8, 4) is 10.4 Å². The molecule has 0 fully saturated rings. The molecule has 4 nitrogen and oxygen atoms in total. The Morgan fingerprint density at radius 3 is 2.43 bits per heavy atom. The number of hydrogen-bond acceptors (Lipinski definition) is 5. The minimum absolute atomic E-state index is 0.0219. The molecule has 0 spiro atoms. The van der Waals surface area contributed by atoms with Gasteiger partial charge in [0, 0.05) is 4.88 Å². The van der Waals surface area contributed by atoms with Crippen molar-refractivity contribution < 1.29 is 21.6 Å². The molecule has 0 radical (unpaired) electrons. The van der Waals surface area contributed by atoms with E-state index in [1.54, 1.807) is 13.0 Å². The molecule has 0 amide bonds. The highest BCUT2D eigenvalue weighted by molar-refractivity contribution is 7.93. The third-order valence-corrected chi connectivity index (χ3v) is 9.44. The molecule has 0 bridgehead atoms. The van der Waals surface area contributed by atoms with E-state index in [2.05, 4.69) is 4.99 Å². The van der Waals surface area contributed by atoms with Crippen LogP contribution in [0.4, 0.5) is 13.2 Å². The normalized spacial score (nSPS) is 24.0. The largest absolute Gasteiger partial charge is 0.416 e. The second-order valence-corrected chi connectivity index (χ2v) is 11.4. The maximum Gasteiger partial charge on any atom is 0.416 e. The molecule has 0 saturated carbocycles. The Bertz CT molecular complexity index is 1070. The summed E-state index contributed by atoms with van der Waals surface area (Å²) in [6, 6.07) is 6.41. The summed E-state index contributed by atoms with van der Waals surface area (Å²) in [6.07, 6.45) is -4.46. The zero-order chi connectivity index (χ0) is 21.1. The van der Waals surface area contributed by atoms with Gasteiger partial charge in [-0.1, -0.05) is 23.7 Å². The Kier molecular flexibility index (Phi) is 4.88. The third kappa shape index (κ3) is 3.44. The molecule has 152 valence electrons. The number of nitrogens with zero attached hydrogens (tertiary/aromatic N) is 1. The SMILES string of the molecule is CC1(c2sc(-c3cccc(C(F)(F)F)c3)cc2Cl)CS(=O)(=O)C(C)(C)C(N)=N1. The van der Waals surface area contributed by atoms with Crippen LogP contribution in [-0.4, -0.2) is 24.8 Å². The summed E-state index contributed by atoms with van der Waals surface area (Å²) in [5.74, 6) is -0.318. The smallest absolute Gasteiger partial charge is 0.386 e. The molecule has 0 aliphatic carbocycles. The van der Waals surface area contributed by atoms with Gasteiger partial charge in [-0.3, -0.25) is 4.99 Å². The zero-order valence-corrected chi connectivity index (χ0v) is 17.7. The van der Waals surface area contributed by atoms with E-state index in [-0.39, 0.29) is 16.6 Å². The number of thiophene rings is 1. The number of hydrogen-bond donors (Lipinski definition) is 1. The van der Waals surface area contributed by atoms with Gasteiger partial charge in [0.25, 0.3) is 0 Å². The number of aliphatic imine (C=N–C) groups is 1. The van der Waals surface area contributed by atoms with E-state index in [9.17, 15) is 21.6 Å². The number of benzene rings is 1. The lowest BCUT2D eigenvalue weighted by atomic mass is 10.0. The van der Waals surface area contributed by atoms with E-state index < -0.39 is 31.9 Å². The summed E-state index contributed by atoms with van der Waals surface area (Å²) >= 11 is 7.46. The van der Waals surface area contributed by atoms with Crippen LogP contribution in [0.2, 0.25) is 5.02 Å². The average Bonchev–Trinajstić information content (AvgIpc) is 2.95. The highest BCUT2D eigenvalue weighted by Crippen LogP contribution is 2.46. The predicted molar refractivity (Wildman–Crippen MR) is 107 cm³/mol. The van der Waals surface area contributed by atoms with Crippen molar-refractivity contribution in [1.82, 2.24) is 0 Å². The molecule has 2 N–H and O–H groups in total. The van der Waals surface area contributed by atoms with Crippen molar-refractivity contribution in [1.29, 1.82) is 0 Å². The first-order valence-electron chi connectivity index (χ1n) is 8.23. The highest BCUT2D eigenvalue weighted by Gasteiger charge is 2.49. The molecule has 3 rings (SSSR count). The molecule has 1 aliphatic heterocycles. The van der Waals surface area contributed by atoms with Crippen molar-refractivity contribution in [3.63, 3.8) is 0 Å². The minimum atomic E-state index is -4.46. The van der Waals surface area contributed by atoms with Crippen LogP contribution in [0, 0.1) is 0 Å². The Morgan fingerprint density at radius 2 is 1.86 bits per heavy atom. The van der Waals surface area contributed by atoms with Gasteiger partial charge in [0.2, 0.25) is 0 Å². The Balaban J connectivity index is 2.10. The van der Waals surface area contributed by atoms with Gasteiger partial charge in [-0.05, 0) is 44.5 Å². The van der Waals surface area contributed by atoms with Crippen molar-refractivity contribution in [2.24, 2.45) is 10.7 Å². The molecule has 10 heteroatoms. The molecule has 1 aromatic heterocycles. The first kappa shape index (κ1) is 21.1. The molecular formula is C18H18ClF3N2O2S2. The summed E-state index contributed by atoms with van der Waals surface area (Å²) in [4.78, 5) is 5.36. The van der Waals surface area contributed by atoms with Crippen LogP contribution in [-0.2, 0) is 21.6 Å². The van der Waals surface area contributed by atoms with Gasteiger partial charge in [0.1, 0.15) is 16.1 Å². The summed E-state index contributed by atoms with van der Waals surface area (Å²) < 4.78 is 63.2. The summed E-state index contributed by atoms with van der Waals surface area (Å²) in [7, 11) is -3.62. The molecule has 0 saturated heterocycles. The van der Waals surface area contributed by atoms with Gasteiger partial charge in [0.15, 0.2) is 9.84 Å². The maximum absolute atomic E-state index is 13.0. The first-order chi connectivity index (χ1) is 12.7. The van der Waals surface area contributed by atoms with E-state index >= 15 is 0 Å². The lowest BCUT2D eigenvalue weighted by Crippen LogP contribution is -2.54. The quantitative estimate of drug-likeness (QED) is 0.709. The monoisotopic (exact) mass is 450 g/mol. The van der Waals surface area contributed by atoms with Crippen LogP contribution in [0.1, 0.15) is 31.2 Å². The van der Waals surface area contributed by atoms with Gasteiger partial charge >= 0.3 is 6.18 Å². The highest BCUT2D eigenvalue weighted by atomic mass is 35.5. The summed E-state index contributed by atoms with van der Waals surface area (Å²) in [5, 5.41) is 0.242. The van der Waals surface area contributed by atoms with Crippen molar-refractivity contribution >= 4 is 38.6 Å². The Morgan fingerprint density at radius 1 is 1.21 bits per heavy atom. The van der Waals surface area contributed by atoms with Gasteiger partial charge in [0.05, 0.1) is 21.2 Å². The Labute approximate surface area is 170 Å². The second-order valence-electron chi connectivity index (χ2n) is 7.41. The number of rotatable bonds is 2. The van der Waals surface area contributed by atoms with Crippen LogP contribution >= 0.6 is 22.9 Å². The van der Waals surface area contributed by atoms with Crippen LogP contribution in [0.3, 0.4) is 0 Å². The number of amidine groups is 1. The van der Waals surface area contributed by atoms with Crippen molar-refractivity contribution in [2.75, 3.05) is 5.75 Å². The fourth-order valence-corrected chi connectivity index (χ4v) is 6.38. The summed E-state index contributed by atoms with van der Waals surface area (Å²) in [6.45, 7) is 4.59. The molecule has 1 aromatic carbocycles. The minimum Gasteiger partial charge on any atom is -0.386 e.